The largest absolute Gasteiger partial charge is 0.295 e. The van der Waals surface area contributed by atoms with Crippen LogP contribution in [0.2, 0.25) is 0 Å². The average Bonchev–Trinajstić information content (AvgIpc) is 3.79. The lowest BCUT2D eigenvalue weighted by Gasteiger charge is -2.30. The summed E-state index contributed by atoms with van der Waals surface area (Å²) in [6.07, 6.45) is 7.74. The van der Waals surface area contributed by atoms with Crippen LogP contribution in [0.4, 0.5) is 0 Å². The lowest BCUT2D eigenvalue weighted by Crippen LogP contribution is -2.15. The Morgan fingerprint density at radius 1 is 0.560 bits per heavy atom. The summed E-state index contributed by atoms with van der Waals surface area (Å²) >= 11 is 0. The van der Waals surface area contributed by atoms with Gasteiger partial charge in [-0.05, 0) is 70.5 Å². The summed E-state index contributed by atoms with van der Waals surface area (Å²) in [5.74, 6) is 1.21. The summed E-state index contributed by atoms with van der Waals surface area (Å²) < 4.78 is 4.71. The summed E-state index contributed by atoms with van der Waals surface area (Å²) in [6, 6.07) is 52.3. The number of aromatic nitrogens is 4. The Morgan fingerprint density at radius 2 is 1.28 bits per heavy atom. The van der Waals surface area contributed by atoms with E-state index in [1.165, 1.54) is 38.7 Å². The second-order valence-electron chi connectivity index (χ2n) is 13.3. The number of hydrogen-bond acceptors (Lipinski definition) is 2. The number of imidazole rings is 2. The fraction of sp³-hybridized carbons (Fsp3) is 0.0435. The molecule has 1 atom stereocenters. The van der Waals surface area contributed by atoms with Gasteiger partial charge in [0.15, 0.2) is 0 Å². The van der Waals surface area contributed by atoms with Gasteiger partial charge < -0.3 is 0 Å². The number of benzene rings is 6. The fourth-order valence-electron chi connectivity index (χ4n) is 8.39. The molecule has 4 heteroatoms. The number of pyridine rings is 1. The molecule has 4 nitrogen and oxygen atoms in total. The Morgan fingerprint density at radius 3 is 2.16 bits per heavy atom. The molecule has 0 spiro atoms. The summed E-state index contributed by atoms with van der Waals surface area (Å²) in [5, 5.41) is 3.59. The van der Waals surface area contributed by atoms with Crippen molar-refractivity contribution in [3.63, 3.8) is 0 Å². The van der Waals surface area contributed by atoms with E-state index >= 15 is 0 Å². The molecule has 0 saturated carbocycles. The van der Waals surface area contributed by atoms with Crippen LogP contribution < -0.4 is 0 Å². The molecule has 2 aliphatic carbocycles. The molecule has 0 unspecified atom stereocenters. The Kier molecular flexibility index (Phi) is 5.75. The number of rotatable bonds is 3. The lowest BCUT2D eigenvalue weighted by molar-refractivity contribution is 0.798. The van der Waals surface area contributed by atoms with Gasteiger partial charge in [0.2, 0.25) is 0 Å². The Labute approximate surface area is 288 Å². The summed E-state index contributed by atoms with van der Waals surface area (Å²) in [7, 11) is 0. The van der Waals surface area contributed by atoms with Gasteiger partial charge in [-0.25, -0.2) is 9.97 Å². The van der Waals surface area contributed by atoms with E-state index in [2.05, 4.69) is 173 Å². The maximum Gasteiger partial charge on any atom is 0.146 e. The smallest absolute Gasteiger partial charge is 0.146 e. The van der Waals surface area contributed by atoms with E-state index in [0.29, 0.717) is 0 Å². The second kappa shape index (κ2) is 10.5. The molecule has 50 heavy (non-hydrogen) atoms. The van der Waals surface area contributed by atoms with Gasteiger partial charge in [-0.15, -0.1) is 0 Å². The first-order valence-electron chi connectivity index (χ1n) is 17.3. The molecule has 3 heterocycles. The van der Waals surface area contributed by atoms with Crippen LogP contribution >= 0.6 is 0 Å². The Bertz CT molecular complexity index is 2890. The molecule has 0 aliphatic heterocycles. The van der Waals surface area contributed by atoms with Crippen LogP contribution in [0.25, 0.3) is 83.4 Å². The minimum absolute atomic E-state index is 0.246. The first-order valence-corrected chi connectivity index (χ1v) is 17.3. The molecule has 234 valence electrons. The highest BCUT2D eigenvalue weighted by Gasteiger charge is 2.35. The Balaban J connectivity index is 1.09. The van der Waals surface area contributed by atoms with Gasteiger partial charge >= 0.3 is 0 Å². The van der Waals surface area contributed by atoms with E-state index in [1.54, 1.807) is 0 Å². The molecular weight excluding hydrogens is 609 g/mol. The third kappa shape index (κ3) is 3.87. The van der Waals surface area contributed by atoms with Crippen LogP contribution in [0.1, 0.15) is 23.6 Å². The van der Waals surface area contributed by atoms with Crippen molar-refractivity contribution in [1.29, 1.82) is 0 Å². The predicted octanol–water partition coefficient (Wildman–Crippen LogP) is 11.4. The molecule has 0 saturated heterocycles. The van der Waals surface area contributed by atoms with Gasteiger partial charge in [-0.1, -0.05) is 127 Å². The first kappa shape index (κ1) is 27.4. The highest BCUT2D eigenvalue weighted by Crippen LogP contribution is 2.51. The van der Waals surface area contributed by atoms with Crippen molar-refractivity contribution < 1.29 is 0 Å². The van der Waals surface area contributed by atoms with Gasteiger partial charge in [0, 0.05) is 33.5 Å². The van der Waals surface area contributed by atoms with Crippen molar-refractivity contribution in [2.24, 2.45) is 0 Å². The Hall–Kier alpha value is -6.52. The highest BCUT2D eigenvalue weighted by molar-refractivity contribution is 6.14. The lowest BCUT2D eigenvalue weighted by atomic mass is 9.76. The van der Waals surface area contributed by atoms with Gasteiger partial charge in [-0.2, -0.15) is 0 Å². The molecule has 0 bridgehead atoms. The summed E-state index contributed by atoms with van der Waals surface area (Å²) in [4.78, 5) is 10.6. The first-order chi connectivity index (χ1) is 24.8. The molecule has 0 N–H and O–H groups in total. The third-order valence-electron chi connectivity index (χ3n) is 10.6. The molecule has 0 amide bonds. The molecule has 9 aromatic rings. The third-order valence-corrected chi connectivity index (χ3v) is 10.6. The average molecular weight is 639 g/mol. The van der Waals surface area contributed by atoms with Crippen LogP contribution in [0, 0.1) is 0 Å². The maximum absolute atomic E-state index is 5.46. The van der Waals surface area contributed by atoms with Crippen molar-refractivity contribution in [3.05, 3.63) is 175 Å². The van der Waals surface area contributed by atoms with Crippen LogP contribution in [-0.2, 0) is 0 Å². The van der Waals surface area contributed by atoms with Gasteiger partial charge in [0.05, 0.1) is 27.9 Å². The monoisotopic (exact) mass is 638 g/mol. The van der Waals surface area contributed by atoms with E-state index in [0.717, 1.165) is 62.4 Å². The van der Waals surface area contributed by atoms with Crippen LogP contribution in [0.3, 0.4) is 0 Å². The molecule has 0 fully saturated rings. The number of hydrogen-bond donors (Lipinski definition) is 0. The van der Waals surface area contributed by atoms with Crippen LogP contribution in [-0.4, -0.2) is 18.9 Å². The topological polar surface area (TPSA) is 35.1 Å². The number of fused-ring (bicyclic) bond motifs is 14. The zero-order valence-electron chi connectivity index (χ0n) is 27.2. The van der Waals surface area contributed by atoms with E-state index in [4.69, 9.17) is 9.97 Å². The van der Waals surface area contributed by atoms with Gasteiger partial charge in [0.1, 0.15) is 11.5 Å². The molecule has 2 aliphatic rings. The second-order valence-corrected chi connectivity index (χ2v) is 13.3. The zero-order chi connectivity index (χ0) is 32.8. The minimum Gasteiger partial charge on any atom is -0.295 e. The maximum atomic E-state index is 5.46. The van der Waals surface area contributed by atoms with E-state index in [9.17, 15) is 0 Å². The van der Waals surface area contributed by atoms with E-state index in [1.807, 2.05) is 0 Å². The van der Waals surface area contributed by atoms with Gasteiger partial charge in [-0.3, -0.25) is 8.97 Å². The summed E-state index contributed by atoms with van der Waals surface area (Å²) in [6.45, 7) is 0. The molecule has 6 aromatic carbocycles. The highest BCUT2D eigenvalue weighted by atomic mass is 15.1. The fourth-order valence-corrected chi connectivity index (χ4v) is 8.39. The van der Waals surface area contributed by atoms with E-state index in [-0.39, 0.29) is 5.92 Å². The number of allylic oxidation sites excluding steroid dienone is 4. The van der Waals surface area contributed by atoms with Gasteiger partial charge in [0.25, 0.3) is 0 Å². The SMILES string of the molecule is C1=CC[C@H]2C(=C1)c1ccccc1-c1nc(-c3ccc(-c4ccc5c6ccccc6n6c7ccccc7nc6c5c4)cc3)n(-c3ccccc3)c12. The van der Waals surface area contributed by atoms with Crippen LogP contribution in [0.15, 0.2) is 164 Å². The van der Waals surface area contributed by atoms with Crippen molar-refractivity contribution in [2.75, 3.05) is 0 Å². The van der Waals surface area contributed by atoms with Crippen molar-refractivity contribution >= 4 is 43.9 Å². The quantitative estimate of drug-likeness (QED) is 0.181. The predicted molar refractivity (Wildman–Crippen MR) is 206 cm³/mol. The molecule has 3 aromatic heterocycles. The zero-order valence-corrected chi connectivity index (χ0v) is 27.2. The van der Waals surface area contributed by atoms with Crippen molar-refractivity contribution in [3.8, 4) is 39.5 Å². The van der Waals surface area contributed by atoms with Crippen LogP contribution in [0.5, 0.6) is 0 Å². The van der Waals surface area contributed by atoms with E-state index < -0.39 is 0 Å². The van der Waals surface area contributed by atoms with Crippen molar-refractivity contribution in [1.82, 2.24) is 18.9 Å². The van der Waals surface area contributed by atoms with Crippen molar-refractivity contribution in [2.45, 2.75) is 12.3 Å². The molecule has 11 rings (SSSR count). The standard InChI is InChI=1S/C46H30N4/c1-2-12-32(13-3-1)49-44-38-18-7-5-15-34(38)33-14-4-6-17-37(33)43(44)48-45(49)30-24-22-29(23-25-30)31-26-27-35-36-16-8-10-20-41(36)50-42-21-11-9-19-40(42)47-46(50)39(35)28-31/h1-17,19-28,38H,18H2/t38-/m0/s1. The number of para-hydroxylation sites is 4. The molecule has 0 radical (unpaired) electrons. The minimum atomic E-state index is 0.246. The summed E-state index contributed by atoms with van der Waals surface area (Å²) in [5.41, 5.74) is 15.1. The normalized spacial score (nSPS) is 15.0. The molecular formula is C46H30N4. The number of nitrogens with zero attached hydrogens (tertiary/aromatic N) is 4.